The lowest BCUT2D eigenvalue weighted by Gasteiger charge is -2.33. The Hall–Kier alpha value is -2.59. The second kappa shape index (κ2) is 9.27. The molecule has 9 nitrogen and oxygen atoms in total. The number of aromatic amines is 1. The van der Waals surface area contributed by atoms with E-state index in [1.807, 2.05) is 23.1 Å². The zero-order chi connectivity index (χ0) is 21.0. The topological polar surface area (TPSA) is 104 Å². The molecule has 2 amide bonds. The van der Waals surface area contributed by atoms with Gasteiger partial charge >= 0.3 is 12.1 Å². The Labute approximate surface area is 176 Å². The first-order chi connectivity index (χ1) is 13.9. The fourth-order valence-electron chi connectivity index (χ4n) is 3.23. The molecule has 0 unspecified atom stereocenters. The Bertz CT molecular complexity index is 921. The summed E-state index contributed by atoms with van der Waals surface area (Å²) < 4.78 is 10.7. The van der Waals surface area contributed by atoms with E-state index in [0.29, 0.717) is 49.4 Å². The molecule has 0 aliphatic carbocycles. The Morgan fingerprint density at radius 2 is 1.93 bits per heavy atom. The first-order valence-corrected chi connectivity index (χ1v) is 10.1. The molecular formula is C19H23BrN4O5. The fourth-order valence-corrected chi connectivity index (χ4v) is 3.60. The Morgan fingerprint density at radius 1 is 1.21 bits per heavy atom. The molecular weight excluding hydrogens is 444 g/mol. The van der Waals surface area contributed by atoms with Crippen molar-refractivity contribution in [3.8, 4) is 0 Å². The average Bonchev–Trinajstić information content (AvgIpc) is 3.05. The number of rotatable bonds is 5. The molecule has 1 aromatic heterocycles. The van der Waals surface area contributed by atoms with Gasteiger partial charge in [-0.1, -0.05) is 15.9 Å². The minimum atomic E-state index is -0.560. The van der Waals surface area contributed by atoms with Gasteiger partial charge in [-0.2, -0.15) is 0 Å². The first-order valence-electron chi connectivity index (χ1n) is 9.26. The van der Waals surface area contributed by atoms with E-state index < -0.39 is 5.97 Å². The van der Waals surface area contributed by atoms with Crippen molar-refractivity contribution in [1.82, 2.24) is 14.8 Å². The van der Waals surface area contributed by atoms with Crippen molar-refractivity contribution in [2.24, 2.45) is 0 Å². The smallest absolute Gasteiger partial charge is 0.409 e. The number of hydrogen-bond acceptors (Lipinski definition) is 6. The number of amides is 2. The highest BCUT2D eigenvalue weighted by molar-refractivity contribution is 9.10. The molecule has 1 aromatic carbocycles. The molecule has 1 fully saturated rings. The summed E-state index contributed by atoms with van der Waals surface area (Å²) in [4.78, 5) is 43.1. The number of anilines is 1. The van der Waals surface area contributed by atoms with E-state index in [0.717, 1.165) is 4.47 Å². The molecule has 2 aromatic rings. The van der Waals surface area contributed by atoms with Crippen LogP contribution in [0.5, 0.6) is 0 Å². The predicted molar refractivity (Wildman–Crippen MR) is 111 cm³/mol. The van der Waals surface area contributed by atoms with Gasteiger partial charge in [0.15, 0.2) is 0 Å². The molecule has 2 N–H and O–H groups in total. The number of ether oxygens (including phenoxy) is 2. The largest absolute Gasteiger partial charge is 0.464 e. The maximum Gasteiger partial charge on any atom is 0.409 e. The number of nitrogens with one attached hydrogen (secondary N) is 2. The van der Waals surface area contributed by atoms with Crippen LogP contribution < -0.4 is 5.32 Å². The van der Waals surface area contributed by atoms with Gasteiger partial charge in [0.25, 0.3) is 0 Å². The van der Waals surface area contributed by atoms with Gasteiger partial charge in [0.2, 0.25) is 5.91 Å². The summed E-state index contributed by atoms with van der Waals surface area (Å²) in [5.74, 6) is -0.809. The van der Waals surface area contributed by atoms with Crippen LogP contribution in [0.3, 0.4) is 0 Å². The minimum Gasteiger partial charge on any atom is -0.464 e. The van der Waals surface area contributed by atoms with Crippen molar-refractivity contribution in [3.05, 3.63) is 28.4 Å². The van der Waals surface area contributed by atoms with Crippen molar-refractivity contribution < 1.29 is 23.9 Å². The Morgan fingerprint density at radius 3 is 2.59 bits per heavy atom. The van der Waals surface area contributed by atoms with E-state index in [1.54, 1.807) is 11.8 Å². The van der Waals surface area contributed by atoms with Crippen molar-refractivity contribution in [2.75, 3.05) is 51.8 Å². The van der Waals surface area contributed by atoms with Gasteiger partial charge in [-0.05, 0) is 25.1 Å². The Balaban J connectivity index is 1.68. The molecule has 1 aliphatic rings. The van der Waals surface area contributed by atoms with Crippen LogP contribution in [0.4, 0.5) is 10.5 Å². The molecule has 29 heavy (non-hydrogen) atoms. The van der Waals surface area contributed by atoms with E-state index in [4.69, 9.17) is 9.47 Å². The number of aromatic nitrogens is 1. The summed E-state index contributed by atoms with van der Waals surface area (Å²) in [6.07, 6.45) is -0.330. The molecule has 0 radical (unpaired) electrons. The van der Waals surface area contributed by atoms with Crippen molar-refractivity contribution in [1.29, 1.82) is 0 Å². The summed E-state index contributed by atoms with van der Waals surface area (Å²) in [7, 11) is 1.29. The summed E-state index contributed by atoms with van der Waals surface area (Å²) in [5, 5.41) is 3.55. The van der Waals surface area contributed by atoms with E-state index >= 15 is 0 Å². The van der Waals surface area contributed by atoms with Crippen LogP contribution >= 0.6 is 15.9 Å². The van der Waals surface area contributed by atoms with Crippen LogP contribution in [0.2, 0.25) is 0 Å². The fraction of sp³-hybridized carbons (Fsp3) is 0.421. The molecule has 0 atom stereocenters. The summed E-state index contributed by atoms with van der Waals surface area (Å²) >= 11 is 3.41. The van der Waals surface area contributed by atoms with Gasteiger partial charge < -0.3 is 24.7 Å². The summed E-state index contributed by atoms with van der Waals surface area (Å²) in [6, 6.07) is 5.48. The van der Waals surface area contributed by atoms with Crippen molar-refractivity contribution in [3.63, 3.8) is 0 Å². The first kappa shape index (κ1) is 21.1. The highest BCUT2D eigenvalue weighted by Gasteiger charge is 2.25. The summed E-state index contributed by atoms with van der Waals surface area (Å²) in [6.45, 7) is 4.39. The maximum atomic E-state index is 12.7. The van der Waals surface area contributed by atoms with Crippen LogP contribution in [-0.4, -0.2) is 79.2 Å². The highest BCUT2D eigenvalue weighted by Crippen LogP contribution is 2.30. The number of methoxy groups -OCH3 is 1. The number of carbonyl (C=O) groups excluding carboxylic acids is 3. The predicted octanol–water partition coefficient (Wildman–Crippen LogP) is 2.43. The zero-order valence-electron chi connectivity index (χ0n) is 16.3. The molecule has 1 saturated heterocycles. The number of hydrogen-bond donors (Lipinski definition) is 2. The molecule has 0 spiro atoms. The van der Waals surface area contributed by atoms with Crippen LogP contribution in [0, 0.1) is 0 Å². The van der Waals surface area contributed by atoms with Gasteiger partial charge in [0.05, 0.1) is 25.9 Å². The third-order valence-electron chi connectivity index (χ3n) is 4.68. The Kier molecular flexibility index (Phi) is 6.75. The van der Waals surface area contributed by atoms with E-state index in [1.165, 1.54) is 7.11 Å². The molecule has 0 bridgehead atoms. The molecule has 10 heteroatoms. The van der Waals surface area contributed by atoms with Gasteiger partial charge in [-0.3, -0.25) is 9.69 Å². The lowest BCUT2D eigenvalue weighted by Crippen LogP contribution is -2.50. The number of carbonyl (C=O) groups is 3. The molecule has 0 saturated carbocycles. The van der Waals surface area contributed by atoms with Gasteiger partial charge in [0.1, 0.15) is 5.69 Å². The number of fused-ring (bicyclic) bond motifs is 1. The van der Waals surface area contributed by atoms with Crippen LogP contribution in [0.25, 0.3) is 10.9 Å². The number of H-pyrrole nitrogens is 1. The van der Waals surface area contributed by atoms with Crippen molar-refractivity contribution >= 4 is 50.5 Å². The second-order valence-electron chi connectivity index (χ2n) is 6.57. The van der Waals surface area contributed by atoms with Crippen LogP contribution in [-0.2, 0) is 14.3 Å². The molecule has 156 valence electrons. The standard InChI is InChI=1S/C19H23BrN4O5/c1-3-29-19(27)24-8-6-23(7-9-24)11-15(25)22-16-13-10-12(20)4-5-14(13)21-17(16)18(26)28-2/h4-5,10,21H,3,6-9,11H2,1-2H3,(H,22,25). The highest BCUT2D eigenvalue weighted by atomic mass is 79.9. The van der Waals surface area contributed by atoms with E-state index in [9.17, 15) is 14.4 Å². The lowest BCUT2D eigenvalue weighted by atomic mass is 10.2. The average molecular weight is 467 g/mol. The van der Waals surface area contributed by atoms with Gasteiger partial charge in [-0.25, -0.2) is 9.59 Å². The van der Waals surface area contributed by atoms with Gasteiger partial charge in [-0.15, -0.1) is 0 Å². The third kappa shape index (κ3) is 4.88. The monoisotopic (exact) mass is 466 g/mol. The number of piperazine rings is 1. The third-order valence-corrected chi connectivity index (χ3v) is 5.17. The van der Waals surface area contributed by atoms with Crippen LogP contribution in [0.1, 0.15) is 17.4 Å². The van der Waals surface area contributed by atoms with Gasteiger partial charge in [0, 0.05) is 41.6 Å². The molecule has 3 rings (SSSR count). The SMILES string of the molecule is CCOC(=O)N1CCN(CC(=O)Nc2c(C(=O)OC)[nH]c3ccc(Br)cc23)CC1. The molecule has 2 heterocycles. The summed E-state index contributed by atoms with van der Waals surface area (Å²) in [5.41, 5.74) is 1.30. The van der Waals surface area contributed by atoms with E-state index in [-0.39, 0.29) is 24.2 Å². The number of halogens is 1. The van der Waals surface area contributed by atoms with Crippen LogP contribution in [0.15, 0.2) is 22.7 Å². The number of benzene rings is 1. The normalized spacial score (nSPS) is 14.7. The number of esters is 1. The quantitative estimate of drug-likeness (QED) is 0.655. The minimum absolute atomic E-state index is 0.151. The van der Waals surface area contributed by atoms with Crippen molar-refractivity contribution in [2.45, 2.75) is 6.92 Å². The lowest BCUT2D eigenvalue weighted by molar-refractivity contribution is -0.117. The maximum absolute atomic E-state index is 12.7. The van der Waals surface area contributed by atoms with E-state index in [2.05, 4.69) is 26.2 Å². The number of nitrogens with zero attached hydrogens (tertiary/aromatic N) is 2. The molecule has 1 aliphatic heterocycles. The zero-order valence-corrected chi connectivity index (χ0v) is 17.9. The second-order valence-corrected chi connectivity index (χ2v) is 7.48.